The molecule has 0 aromatic heterocycles. The number of ketones is 1. The van der Waals surface area contributed by atoms with Crippen molar-refractivity contribution in [3.8, 4) is 5.75 Å². The molecule has 1 aromatic rings. The van der Waals surface area contributed by atoms with E-state index in [1.54, 1.807) is 13.0 Å². The lowest BCUT2D eigenvalue weighted by Crippen LogP contribution is -2.01. The van der Waals surface area contributed by atoms with Gasteiger partial charge in [0, 0.05) is 0 Å². The van der Waals surface area contributed by atoms with Gasteiger partial charge < -0.3 is 4.74 Å². The lowest BCUT2D eigenvalue weighted by Gasteiger charge is -2.07. The molecule has 0 amide bonds. The molecule has 80 valence electrons. The monoisotopic (exact) mass is 204 g/mol. The maximum absolute atomic E-state index is 11.3. The van der Waals surface area contributed by atoms with E-state index in [4.69, 9.17) is 4.74 Å². The number of hydrogen-bond donors (Lipinski definition) is 0. The Labute approximate surface area is 90.6 Å². The minimum absolute atomic E-state index is 0.0304. The zero-order valence-electron chi connectivity index (χ0n) is 9.41. The summed E-state index contributed by atoms with van der Waals surface area (Å²) in [6, 6.07) is 7.30. The molecular weight excluding hydrogens is 188 g/mol. The van der Waals surface area contributed by atoms with Gasteiger partial charge in [0.15, 0.2) is 5.78 Å². The Kier molecular flexibility index (Phi) is 4.10. The standard InChI is InChI=1S/C13H16O2/c1-10(2)8-9-15-13-7-5-4-6-12(13)11(3)14/h4-8H,9H2,1-3H3. The maximum atomic E-state index is 11.3. The van der Waals surface area contributed by atoms with Crippen LogP contribution in [0.15, 0.2) is 35.9 Å². The molecule has 0 atom stereocenters. The highest BCUT2D eigenvalue weighted by Crippen LogP contribution is 2.18. The number of carbonyl (C=O) groups excluding carboxylic acids is 1. The molecule has 0 heterocycles. The molecule has 15 heavy (non-hydrogen) atoms. The van der Waals surface area contributed by atoms with Crippen LogP contribution in [0.3, 0.4) is 0 Å². The molecule has 2 heteroatoms. The van der Waals surface area contributed by atoms with Gasteiger partial charge in [0.2, 0.25) is 0 Å². The quantitative estimate of drug-likeness (QED) is 0.556. The predicted molar refractivity (Wildman–Crippen MR) is 61.4 cm³/mol. The van der Waals surface area contributed by atoms with Crippen molar-refractivity contribution in [3.05, 3.63) is 41.5 Å². The van der Waals surface area contributed by atoms with E-state index >= 15 is 0 Å². The van der Waals surface area contributed by atoms with E-state index in [2.05, 4.69) is 0 Å². The number of hydrogen-bond acceptors (Lipinski definition) is 2. The van der Waals surface area contributed by atoms with Crippen LogP contribution in [-0.2, 0) is 0 Å². The van der Waals surface area contributed by atoms with Crippen LogP contribution < -0.4 is 4.74 Å². The molecule has 0 saturated carbocycles. The molecule has 0 aliphatic heterocycles. The van der Waals surface area contributed by atoms with Gasteiger partial charge in [0.05, 0.1) is 5.56 Å². The summed E-state index contributed by atoms with van der Waals surface area (Å²) in [5.74, 6) is 0.685. The average Bonchev–Trinajstić information content (AvgIpc) is 2.17. The highest BCUT2D eigenvalue weighted by molar-refractivity contribution is 5.96. The van der Waals surface area contributed by atoms with Crippen LogP contribution in [0.1, 0.15) is 31.1 Å². The van der Waals surface area contributed by atoms with E-state index < -0.39 is 0 Å². The molecule has 0 radical (unpaired) electrons. The molecule has 0 aliphatic carbocycles. The van der Waals surface area contributed by atoms with Crippen molar-refractivity contribution in [1.82, 2.24) is 0 Å². The summed E-state index contributed by atoms with van der Waals surface area (Å²) in [5.41, 5.74) is 1.84. The molecule has 0 fully saturated rings. The van der Waals surface area contributed by atoms with Crippen molar-refractivity contribution < 1.29 is 9.53 Å². The number of carbonyl (C=O) groups is 1. The summed E-state index contributed by atoms with van der Waals surface area (Å²) in [6.07, 6.45) is 1.98. The summed E-state index contributed by atoms with van der Waals surface area (Å²) in [6.45, 7) is 6.08. The van der Waals surface area contributed by atoms with Gasteiger partial charge >= 0.3 is 0 Å². The second kappa shape index (κ2) is 5.35. The fraction of sp³-hybridized carbons (Fsp3) is 0.308. The van der Waals surface area contributed by atoms with E-state index in [0.717, 1.165) is 0 Å². The van der Waals surface area contributed by atoms with Gasteiger partial charge in [0.25, 0.3) is 0 Å². The van der Waals surface area contributed by atoms with E-state index in [1.807, 2.05) is 38.1 Å². The van der Waals surface area contributed by atoms with Crippen LogP contribution in [-0.4, -0.2) is 12.4 Å². The van der Waals surface area contributed by atoms with E-state index in [1.165, 1.54) is 5.57 Å². The maximum Gasteiger partial charge on any atom is 0.163 e. The third kappa shape index (κ3) is 3.58. The Bertz CT molecular complexity index is 374. The van der Waals surface area contributed by atoms with Crippen LogP contribution in [0.2, 0.25) is 0 Å². The highest BCUT2D eigenvalue weighted by atomic mass is 16.5. The number of ether oxygens (including phenoxy) is 1. The Morgan fingerprint density at radius 2 is 1.93 bits per heavy atom. The summed E-state index contributed by atoms with van der Waals surface area (Å²) >= 11 is 0. The molecule has 0 aliphatic rings. The van der Waals surface area contributed by atoms with Crippen molar-refractivity contribution in [3.63, 3.8) is 0 Å². The van der Waals surface area contributed by atoms with Gasteiger partial charge in [-0.25, -0.2) is 0 Å². The first-order valence-corrected chi connectivity index (χ1v) is 4.97. The Hall–Kier alpha value is -1.57. The number of rotatable bonds is 4. The SMILES string of the molecule is CC(=O)c1ccccc1OCC=C(C)C. The highest BCUT2D eigenvalue weighted by Gasteiger charge is 2.05. The summed E-state index contributed by atoms with van der Waals surface area (Å²) < 4.78 is 5.51. The number of para-hydroxylation sites is 1. The largest absolute Gasteiger partial charge is 0.489 e. The van der Waals surface area contributed by atoms with Crippen LogP contribution in [0.25, 0.3) is 0 Å². The minimum atomic E-state index is 0.0304. The predicted octanol–water partition coefficient (Wildman–Crippen LogP) is 3.23. The Morgan fingerprint density at radius 3 is 2.53 bits per heavy atom. The molecule has 2 nitrogen and oxygen atoms in total. The fourth-order valence-electron chi connectivity index (χ4n) is 1.18. The molecule has 0 bridgehead atoms. The van der Waals surface area contributed by atoms with Crippen LogP contribution in [0.5, 0.6) is 5.75 Å². The Morgan fingerprint density at radius 1 is 1.27 bits per heavy atom. The van der Waals surface area contributed by atoms with E-state index in [-0.39, 0.29) is 5.78 Å². The first-order valence-electron chi connectivity index (χ1n) is 4.97. The molecule has 0 saturated heterocycles. The lowest BCUT2D eigenvalue weighted by atomic mass is 10.1. The normalized spacial score (nSPS) is 9.53. The first-order chi connectivity index (χ1) is 7.11. The third-order valence-electron chi connectivity index (χ3n) is 2.00. The van der Waals surface area contributed by atoms with Crippen molar-refractivity contribution in [2.75, 3.05) is 6.61 Å². The van der Waals surface area contributed by atoms with Crippen LogP contribution >= 0.6 is 0 Å². The molecule has 0 N–H and O–H groups in total. The van der Waals surface area contributed by atoms with Gasteiger partial charge in [0.1, 0.15) is 12.4 Å². The van der Waals surface area contributed by atoms with Gasteiger partial charge in [-0.2, -0.15) is 0 Å². The van der Waals surface area contributed by atoms with Crippen molar-refractivity contribution in [2.24, 2.45) is 0 Å². The molecule has 1 aromatic carbocycles. The summed E-state index contributed by atoms with van der Waals surface area (Å²) in [7, 11) is 0. The van der Waals surface area contributed by atoms with Gasteiger partial charge in [-0.15, -0.1) is 0 Å². The molecule has 0 spiro atoms. The van der Waals surface area contributed by atoms with Crippen LogP contribution in [0, 0.1) is 0 Å². The summed E-state index contributed by atoms with van der Waals surface area (Å²) in [4.78, 5) is 11.3. The second-order valence-electron chi connectivity index (χ2n) is 3.64. The van der Waals surface area contributed by atoms with Crippen molar-refractivity contribution in [2.45, 2.75) is 20.8 Å². The molecular formula is C13H16O2. The van der Waals surface area contributed by atoms with Crippen molar-refractivity contribution >= 4 is 5.78 Å². The van der Waals surface area contributed by atoms with Gasteiger partial charge in [-0.05, 0) is 39.0 Å². The minimum Gasteiger partial charge on any atom is -0.489 e. The smallest absolute Gasteiger partial charge is 0.163 e. The van der Waals surface area contributed by atoms with Gasteiger partial charge in [-0.1, -0.05) is 17.7 Å². The number of benzene rings is 1. The zero-order chi connectivity index (χ0) is 11.3. The Balaban J connectivity index is 2.76. The molecule has 1 rings (SSSR count). The third-order valence-corrected chi connectivity index (χ3v) is 2.00. The molecule has 0 unspecified atom stereocenters. The van der Waals surface area contributed by atoms with E-state index in [9.17, 15) is 4.79 Å². The number of Topliss-reactive ketones (excluding diaryl/α,β-unsaturated/α-hetero) is 1. The first kappa shape index (κ1) is 11.5. The zero-order valence-corrected chi connectivity index (χ0v) is 9.41. The second-order valence-corrected chi connectivity index (χ2v) is 3.64. The van der Waals surface area contributed by atoms with Gasteiger partial charge in [-0.3, -0.25) is 4.79 Å². The van der Waals surface area contributed by atoms with E-state index in [0.29, 0.717) is 17.9 Å². The van der Waals surface area contributed by atoms with Crippen molar-refractivity contribution in [1.29, 1.82) is 0 Å². The number of allylic oxidation sites excluding steroid dienone is 1. The fourth-order valence-corrected chi connectivity index (χ4v) is 1.18. The lowest BCUT2D eigenvalue weighted by molar-refractivity contribution is 0.101. The van der Waals surface area contributed by atoms with Crippen LogP contribution in [0.4, 0.5) is 0 Å². The average molecular weight is 204 g/mol. The summed E-state index contributed by atoms with van der Waals surface area (Å²) in [5, 5.41) is 0. The topological polar surface area (TPSA) is 26.3 Å².